The Labute approximate surface area is 197 Å². The minimum atomic E-state index is -0.719. The van der Waals surface area contributed by atoms with Crippen LogP contribution in [0.1, 0.15) is 16.7 Å². The number of nitrogens with one attached hydrogen (secondary N) is 2. The van der Waals surface area contributed by atoms with Crippen molar-refractivity contribution in [2.45, 2.75) is 6.92 Å². The number of nitrogens with zero attached hydrogens (tertiary/aromatic N) is 2. The Hall–Kier alpha value is -4.28. The average molecular weight is 508 g/mol. The fourth-order valence-electron chi connectivity index (χ4n) is 3.09. The fraction of sp³-hybridized carbons (Fsp3) is 0.130. The molecule has 0 saturated heterocycles. The van der Waals surface area contributed by atoms with Crippen LogP contribution in [0.3, 0.4) is 0 Å². The summed E-state index contributed by atoms with van der Waals surface area (Å²) in [6.45, 7) is 1.66. The van der Waals surface area contributed by atoms with E-state index in [9.17, 15) is 20.1 Å². The monoisotopic (exact) mass is 507 g/mol. The number of aromatic nitrogens is 1. The smallest absolute Gasteiger partial charge is 0.268 e. The van der Waals surface area contributed by atoms with Gasteiger partial charge in [-0.3, -0.25) is 9.59 Å². The van der Waals surface area contributed by atoms with Crippen LogP contribution in [0, 0.1) is 29.6 Å². The first kappa shape index (κ1) is 23.4. The van der Waals surface area contributed by atoms with E-state index in [1.165, 1.54) is 19.2 Å². The number of nitriles is 2. The lowest BCUT2D eigenvalue weighted by Gasteiger charge is -2.16. The summed E-state index contributed by atoms with van der Waals surface area (Å²) in [5.41, 5.74) is 6.85. The number of aromatic amines is 1. The highest BCUT2D eigenvalue weighted by atomic mass is 79.9. The first-order valence-corrected chi connectivity index (χ1v) is 10.3. The minimum absolute atomic E-state index is 0.0555. The molecule has 0 atom stereocenters. The summed E-state index contributed by atoms with van der Waals surface area (Å²) < 4.78 is 11.4. The molecule has 0 aliphatic carbocycles. The van der Waals surface area contributed by atoms with Crippen molar-refractivity contribution in [3.8, 4) is 34.8 Å². The van der Waals surface area contributed by atoms with Crippen LogP contribution in [0.2, 0.25) is 0 Å². The average Bonchev–Trinajstić information content (AvgIpc) is 2.79. The summed E-state index contributed by atoms with van der Waals surface area (Å²) in [4.78, 5) is 26.8. The normalized spacial score (nSPS) is 10.1. The van der Waals surface area contributed by atoms with Gasteiger partial charge in [0.2, 0.25) is 0 Å². The third kappa shape index (κ3) is 4.97. The van der Waals surface area contributed by atoms with Gasteiger partial charge in [-0.25, -0.2) is 0 Å². The van der Waals surface area contributed by atoms with Crippen LogP contribution >= 0.6 is 15.9 Å². The van der Waals surface area contributed by atoms with Gasteiger partial charge in [0.15, 0.2) is 18.1 Å². The van der Waals surface area contributed by atoms with Gasteiger partial charge >= 0.3 is 0 Å². The molecule has 0 bridgehead atoms. The van der Waals surface area contributed by atoms with E-state index in [-0.39, 0.29) is 46.5 Å². The van der Waals surface area contributed by atoms with Gasteiger partial charge in [-0.05, 0) is 31.2 Å². The molecule has 1 heterocycles. The Morgan fingerprint density at radius 2 is 1.82 bits per heavy atom. The van der Waals surface area contributed by atoms with E-state index in [4.69, 9.17) is 15.2 Å². The summed E-state index contributed by atoms with van der Waals surface area (Å²) in [6, 6.07) is 14.1. The molecule has 33 heavy (non-hydrogen) atoms. The van der Waals surface area contributed by atoms with Gasteiger partial charge in [0.1, 0.15) is 29.1 Å². The Bertz CT molecular complexity index is 1370. The van der Waals surface area contributed by atoms with Gasteiger partial charge in [0.05, 0.1) is 7.11 Å². The van der Waals surface area contributed by atoms with Crippen LogP contribution < -0.4 is 26.1 Å². The number of aryl methyl sites for hydroxylation is 1. The van der Waals surface area contributed by atoms with E-state index in [2.05, 4.69) is 26.2 Å². The third-order valence-corrected chi connectivity index (χ3v) is 5.34. The molecule has 10 heteroatoms. The Balaban J connectivity index is 1.94. The zero-order valence-electron chi connectivity index (χ0n) is 17.7. The van der Waals surface area contributed by atoms with Crippen LogP contribution in [0.4, 0.5) is 11.5 Å². The molecule has 0 unspecified atom stereocenters. The summed E-state index contributed by atoms with van der Waals surface area (Å²) in [5.74, 6) is -0.0672. The molecule has 2 aromatic carbocycles. The number of halogens is 1. The molecule has 0 fully saturated rings. The van der Waals surface area contributed by atoms with Crippen LogP contribution in [0.15, 0.2) is 45.7 Å². The number of hydrogen-bond acceptors (Lipinski definition) is 7. The number of anilines is 2. The van der Waals surface area contributed by atoms with E-state index in [1.807, 2.05) is 31.2 Å². The molecule has 0 aliphatic rings. The molecule has 9 nitrogen and oxygen atoms in total. The van der Waals surface area contributed by atoms with Crippen molar-refractivity contribution < 1.29 is 14.3 Å². The van der Waals surface area contributed by atoms with Crippen molar-refractivity contribution in [1.29, 1.82) is 10.5 Å². The Morgan fingerprint density at radius 3 is 2.42 bits per heavy atom. The maximum Gasteiger partial charge on any atom is 0.268 e. The van der Waals surface area contributed by atoms with Gasteiger partial charge in [0.25, 0.3) is 11.5 Å². The molecule has 0 saturated carbocycles. The number of ether oxygens (including phenoxy) is 2. The third-order valence-electron chi connectivity index (χ3n) is 4.68. The van der Waals surface area contributed by atoms with Gasteiger partial charge in [-0.2, -0.15) is 10.5 Å². The largest absolute Gasteiger partial charge is 0.493 e. The quantitative estimate of drug-likeness (QED) is 0.461. The molecule has 3 rings (SSSR count). The molecule has 0 radical (unpaired) electrons. The highest BCUT2D eigenvalue weighted by Crippen LogP contribution is 2.41. The second-order valence-electron chi connectivity index (χ2n) is 6.90. The number of pyridine rings is 1. The highest BCUT2D eigenvalue weighted by molar-refractivity contribution is 9.10. The molecule has 1 amide bonds. The molecule has 3 aromatic rings. The first-order chi connectivity index (χ1) is 15.8. The van der Waals surface area contributed by atoms with Gasteiger partial charge in [-0.1, -0.05) is 33.6 Å². The summed E-state index contributed by atoms with van der Waals surface area (Å²) >= 11 is 3.38. The molecule has 0 aliphatic heterocycles. The lowest BCUT2D eigenvalue weighted by atomic mass is 9.96. The predicted molar refractivity (Wildman–Crippen MR) is 126 cm³/mol. The van der Waals surface area contributed by atoms with E-state index < -0.39 is 5.56 Å². The van der Waals surface area contributed by atoms with Gasteiger partial charge in [0, 0.05) is 21.3 Å². The second-order valence-corrected chi connectivity index (χ2v) is 7.76. The molecule has 1 aromatic heterocycles. The van der Waals surface area contributed by atoms with Crippen LogP contribution in [-0.2, 0) is 4.79 Å². The Kier molecular flexibility index (Phi) is 7.01. The zero-order chi connectivity index (χ0) is 24.1. The standard InChI is InChI=1S/C23H18BrN5O4/c1-12-3-5-13(6-4-12)28-20(30)11-33-19-8-17(24)14(7-18(19)32-2)21-15(9-25)22(27)29-23(31)16(21)10-26/h3-8H,11H2,1-2H3,(H,28,30)(H3,27,29,31). The summed E-state index contributed by atoms with van der Waals surface area (Å²) in [5, 5.41) is 21.8. The number of amides is 1. The maximum absolute atomic E-state index is 12.3. The second kappa shape index (κ2) is 9.90. The van der Waals surface area contributed by atoms with Gasteiger partial charge in [-0.15, -0.1) is 0 Å². The number of hydrogen-bond donors (Lipinski definition) is 3. The maximum atomic E-state index is 12.3. The van der Waals surface area contributed by atoms with E-state index in [0.29, 0.717) is 15.7 Å². The van der Waals surface area contributed by atoms with Crippen molar-refractivity contribution >= 4 is 33.3 Å². The number of H-pyrrole nitrogens is 1. The number of benzene rings is 2. The lowest BCUT2D eigenvalue weighted by Crippen LogP contribution is -2.20. The van der Waals surface area contributed by atoms with E-state index in [0.717, 1.165) is 5.56 Å². The summed E-state index contributed by atoms with van der Waals surface area (Å²) in [6.07, 6.45) is 0. The van der Waals surface area contributed by atoms with Crippen LogP contribution in [-0.4, -0.2) is 24.6 Å². The molecule has 4 N–H and O–H groups in total. The number of carbonyl (C=O) groups excluding carboxylic acids is 1. The Morgan fingerprint density at radius 1 is 1.15 bits per heavy atom. The number of methoxy groups -OCH3 is 1. The van der Waals surface area contributed by atoms with Crippen LogP contribution in [0.25, 0.3) is 11.1 Å². The van der Waals surface area contributed by atoms with Crippen molar-refractivity contribution in [2.24, 2.45) is 0 Å². The van der Waals surface area contributed by atoms with Crippen LogP contribution in [0.5, 0.6) is 11.5 Å². The predicted octanol–water partition coefficient (Wildman–Crippen LogP) is 3.46. The van der Waals surface area contributed by atoms with Crippen molar-refractivity contribution in [3.05, 3.63) is 67.9 Å². The number of rotatable bonds is 6. The van der Waals surface area contributed by atoms with Crippen molar-refractivity contribution in [3.63, 3.8) is 0 Å². The molecule has 166 valence electrons. The van der Waals surface area contributed by atoms with E-state index in [1.54, 1.807) is 12.1 Å². The topological polar surface area (TPSA) is 154 Å². The SMILES string of the molecule is COc1cc(-c2c(C#N)c(N)[nH]c(=O)c2C#N)c(Br)cc1OCC(=O)Nc1ccc(C)cc1. The highest BCUT2D eigenvalue weighted by Gasteiger charge is 2.22. The van der Waals surface area contributed by atoms with E-state index >= 15 is 0 Å². The number of carbonyl (C=O) groups is 1. The zero-order valence-corrected chi connectivity index (χ0v) is 19.2. The van der Waals surface area contributed by atoms with Gasteiger partial charge < -0.3 is 25.5 Å². The molecular formula is C23H18BrN5O4. The van der Waals surface area contributed by atoms with Crippen molar-refractivity contribution in [2.75, 3.05) is 24.8 Å². The first-order valence-electron chi connectivity index (χ1n) is 9.52. The lowest BCUT2D eigenvalue weighted by molar-refractivity contribution is -0.118. The summed E-state index contributed by atoms with van der Waals surface area (Å²) in [7, 11) is 1.40. The van der Waals surface area contributed by atoms with Crippen molar-refractivity contribution in [1.82, 2.24) is 4.98 Å². The fourth-order valence-corrected chi connectivity index (χ4v) is 3.61. The number of nitrogen functional groups attached to an aromatic ring is 1. The molecule has 0 spiro atoms. The molecular weight excluding hydrogens is 490 g/mol. The minimum Gasteiger partial charge on any atom is -0.493 e. The number of nitrogens with two attached hydrogens (primary N) is 1.